The van der Waals surface area contributed by atoms with Gasteiger partial charge in [-0.05, 0) is 80.3 Å². The number of cyclic esters (lactones) is 1. The third-order valence-electron chi connectivity index (χ3n) is 12.7. The van der Waals surface area contributed by atoms with E-state index in [0.717, 1.165) is 0 Å². The number of rotatable bonds is 12. The Morgan fingerprint density at radius 2 is 1.61 bits per heavy atom. The monoisotopic (exact) mass is 807 g/mol. The summed E-state index contributed by atoms with van der Waals surface area (Å²) >= 11 is 0. The molecule has 0 aliphatic carbocycles. The fourth-order valence-electron chi connectivity index (χ4n) is 8.93. The van der Waals surface area contributed by atoms with Crippen LogP contribution >= 0.6 is 0 Å². The number of ether oxygens (including phenoxy) is 7. The molecule has 3 saturated heterocycles. The standard InChI is InChI=1S/C40H74N2O14/c1-14-30-40(9,48)33(44)23(3)27(41-52-21-51-18-17-49-12)15-16-38(7,47)35(56-37-32(43)28(42(10)11)19-22(2)53-37)24(4)31(25(5)36(46)55-30)29-20-39(8,50-13)34(45)26(6)54-29/h22-26,28-35,37,43-45,47-48H,14-21H2,1-13H3/b41-27+/t22?,23?,24-,25?,26?,28?,29?,30+,31-,32+,33?,34?,35+,37?,38+,39+,40+/m0/s1. The van der Waals surface area contributed by atoms with Gasteiger partial charge in [-0.3, -0.25) is 4.79 Å². The zero-order chi connectivity index (χ0) is 42.3. The van der Waals surface area contributed by atoms with E-state index in [-0.39, 0.29) is 51.2 Å². The van der Waals surface area contributed by atoms with Gasteiger partial charge in [-0.25, -0.2) is 0 Å². The highest BCUT2D eigenvalue weighted by atomic mass is 16.7. The molecule has 3 fully saturated rings. The molecule has 0 aromatic carbocycles. The zero-order valence-electron chi connectivity index (χ0n) is 36.0. The van der Waals surface area contributed by atoms with Crippen LogP contribution in [-0.2, 0) is 42.8 Å². The van der Waals surface area contributed by atoms with E-state index < -0.39 is 95.5 Å². The first-order valence-electron chi connectivity index (χ1n) is 20.2. The first kappa shape index (κ1) is 48.8. The first-order chi connectivity index (χ1) is 26.1. The van der Waals surface area contributed by atoms with Gasteiger partial charge < -0.3 is 68.4 Å². The molecule has 3 aliphatic rings. The lowest BCUT2D eigenvalue weighted by atomic mass is 9.68. The summed E-state index contributed by atoms with van der Waals surface area (Å²) in [6.07, 6.45) is -7.58. The smallest absolute Gasteiger partial charge is 0.309 e. The van der Waals surface area contributed by atoms with E-state index >= 15 is 0 Å². The van der Waals surface area contributed by atoms with E-state index in [0.29, 0.717) is 18.7 Å². The molecule has 0 bridgehead atoms. The number of likely N-dealkylation sites (N-methyl/N-ethyl adjacent to an activating group) is 1. The number of esters is 1. The quantitative estimate of drug-likeness (QED) is 0.0830. The molecule has 3 rings (SSSR count). The number of aliphatic hydroxyl groups excluding tert-OH is 3. The molecule has 0 spiro atoms. The minimum atomic E-state index is -1.93. The Kier molecular flexibility index (Phi) is 18.0. The Balaban J connectivity index is 2.22. The number of methoxy groups -OCH3 is 2. The van der Waals surface area contributed by atoms with Crippen LogP contribution in [0.5, 0.6) is 0 Å². The topological polar surface area (TPSA) is 208 Å². The van der Waals surface area contributed by atoms with Crippen molar-refractivity contribution in [2.75, 3.05) is 48.3 Å². The van der Waals surface area contributed by atoms with Gasteiger partial charge in [0.25, 0.3) is 0 Å². The van der Waals surface area contributed by atoms with Gasteiger partial charge in [-0.1, -0.05) is 32.9 Å². The number of hydrogen-bond donors (Lipinski definition) is 5. The fourth-order valence-corrected chi connectivity index (χ4v) is 8.93. The van der Waals surface area contributed by atoms with Crippen LogP contribution in [0.15, 0.2) is 5.16 Å². The molecule has 3 heterocycles. The molecule has 3 aliphatic heterocycles. The Hall–Kier alpha value is -1.54. The van der Waals surface area contributed by atoms with Gasteiger partial charge in [0.05, 0.1) is 66.6 Å². The zero-order valence-corrected chi connectivity index (χ0v) is 36.0. The molecule has 0 amide bonds. The van der Waals surface area contributed by atoms with Crippen molar-refractivity contribution in [1.82, 2.24) is 4.90 Å². The summed E-state index contributed by atoms with van der Waals surface area (Å²) in [5, 5.41) is 63.4. The maximum Gasteiger partial charge on any atom is 0.309 e. The van der Waals surface area contributed by atoms with Gasteiger partial charge in [0.15, 0.2) is 6.29 Å². The van der Waals surface area contributed by atoms with Crippen molar-refractivity contribution >= 4 is 11.7 Å². The molecule has 0 aromatic rings. The molecule has 17 atom stereocenters. The minimum Gasteiger partial charge on any atom is -0.459 e. The van der Waals surface area contributed by atoms with E-state index in [1.165, 1.54) is 14.0 Å². The van der Waals surface area contributed by atoms with Crippen LogP contribution in [0.4, 0.5) is 0 Å². The highest BCUT2D eigenvalue weighted by molar-refractivity contribution is 5.86. The molecule has 9 unspecified atom stereocenters. The number of aliphatic hydroxyl groups is 5. The van der Waals surface area contributed by atoms with Gasteiger partial charge >= 0.3 is 5.97 Å². The SMILES string of the molecule is CC[C@H]1OC(=O)C(C)[C@@H](C2C[C@@](C)(OC)C(O)C(C)O2)[C@H](C)[C@@H](OC2OC(C)CC(N(C)C)[C@H]2O)[C@](C)(O)CC/C(=N\OCOCCOC)C(C)C(O)[C@]1(C)O. The lowest BCUT2D eigenvalue weighted by molar-refractivity contribution is -0.301. The summed E-state index contributed by atoms with van der Waals surface area (Å²) in [4.78, 5) is 21.8. The van der Waals surface area contributed by atoms with Crippen molar-refractivity contribution in [3.63, 3.8) is 0 Å². The maximum absolute atomic E-state index is 14.4. The number of nitrogens with zero attached hydrogens (tertiary/aromatic N) is 2. The summed E-state index contributed by atoms with van der Waals surface area (Å²) in [7, 11) is 6.81. The van der Waals surface area contributed by atoms with Crippen molar-refractivity contribution < 1.29 is 68.3 Å². The van der Waals surface area contributed by atoms with Gasteiger partial charge in [0.1, 0.15) is 23.9 Å². The fraction of sp³-hybridized carbons (Fsp3) is 0.950. The van der Waals surface area contributed by atoms with E-state index in [1.807, 2.05) is 32.8 Å². The molecular weight excluding hydrogens is 732 g/mol. The molecule has 328 valence electrons. The van der Waals surface area contributed by atoms with Gasteiger partial charge in [-0.15, -0.1) is 0 Å². The van der Waals surface area contributed by atoms with Crippen molar-refractivity contribution in [3.05, 3.63) is 0 Å². The Labute approximate surface area is 334 Å². The van der Waals surface area contributed by atoms with E-state index in [1.54, 1.807) is 48.7 Å². The maximum atomic E-state index is 14.4. The molecule has 0 saturated carbocycles. The largest absolute Gasteiger partial charge is 0.459 e. The Morgan fingerprint density at radius 1 is 0.946 bits per heavy atom. The Morgan fingerprint density at radius 3 is 2.20 bits per heavy atom. The van der Waals surface area contributed by atoms with E-state index in [4.69, 9.17) is 38.0 Å². The van der Waals surface area contributed by atoms with Gasteiger partial charge in [0.2, 0.25) is 6.79 Å². The van der Waals surface area contributed by atoms with Crippen molar-refractivity contribution in [1.29, 1.82) is 0 Å². The number of oxime groups is 1. The van der Waals surface area contributed by atoms with E-state index in [9.17, 15) is 30.3 Å². The first-order valence-corrected chi connectivity index (χ1v) is 20.2. The van der Waals surface area contributed by atoms with Crippen LogP contribution in [0.3, 0.4) is 0 Å². The third-order valence-corrected chi connectivity index (χ3v) is 12.7. The molecule has 16 heteroatoms. The molecule has 56 heavy (non-hydrogen) atoms. The Bertz CT molecular complexity index is 1250. The lowest BCUT2D eigenvalue weighted by Crippen LogP contribution is -2.62. The summed E-state index contributed by atoms with van der Waals surface area (Å²) < 4.78 is 41.9. The summed E-state index contributed by atoms with van der Waals surface area (Å²) in [5.41, 5.74) is -4.36. The second kappa shape index (κ2) is 20.6. The second-order valence-electron chi connectivity index (χ2n) is 17.3. The predicted molar refractivity (Wildman–Crippen MR) is 207 cm³/mol. The summed E-state index contributed by atoms with van der Waals surface area (Å²) in [5.74, 6) is -3.84. The lowest BCUT2D eigenvalue weighted by Gasteiger charge is -2.51. The van der Waals surface area contributed by atoms with Crippen molar-refractivity contribution in [2.45, 2.75) is 172 Å². The average Bonchev–Trinajstić information content (AvgIpc) is 3.13. The molecular formula is C40H74N2O14. The normalized spacial score (nSPS) is 45.7. The highest BCUT2D eigenvalue weighted by Crippen LogP contribution is 2.45. The van der Waals surface area contributed by atoms with Gasteiger partial charge in [-0.2, -0.15) is 0 Å². The van der Waals surface area contributed by atoms with Crippen molar-refractivity contribution in [2.24, 2.45) is 28.8 Å². The minimum absolute atomic E-state index is 0.0165. The summed E-state index contributed by atoms with van der Waals surface area (Å²) in [6.45, 7) is 15.9. The van der Waals surface area contributed by atoms with Crippen LogP contribution in [0, 0.1) is 23.7 Å². The molecule has 5 N–H and O–H groups in total. The van der Waals surface area contributed by atoms with E-state index in [2.05, 4.69) is 5.16 Å². The van der Waals surface area contributed by atoms with Crippen LogP contribution in [0.25, 0.3) is 0 Å². The predicted octanol–water partition coefficient (Wildman–Crippen LogP) is 2.24. The van der Waals surface area contributed by atoms with Crippen LogP contribution in [0.1, 0.15) is 94.4 Å². The molecule has 0 radical (unpaired) electrons. The molecule has 0 aromatic heterocycles. The number of carbonyl (C=O) groups is 1. The van der Waals surface area contributed by atoms with Gasteiger partial charge in [0, 0.05) is 38.5 Å². The van der Waals surface area contributed by atoms with Crippen LogP contribution in [0.2, 0.25) is 0 Å². The number of carbonyl (C=O) groups excluding carboxylic acids is 1. The van der Waals surface area contributed by atoms with Crippen LogP contribution in [-0.4, -0.2) is 168 Å². The number of hydrogen-bond acceptors (Lipinski definition) is 16. The van der Waals surface area contributed by atoms with Crippen molar-refractivity contribution in [3.8, 4) is 0 Å². The average molecular weight is 807 g/mol. The summed E-state index contributed by atoms with van der Waals surface area (Å²) in [6, 6.07) is -0.304. The third kappa shape index (κ3) is 11.4. The molecule has 16 nitrogen and oxygen atoms in total. The highest BCUT2D eigenvalue weighted by Gasteiger charge is 2.55. The second-order valence-corrected chi connectivity index (χ2v) is 17.3. The van der Waals surface area contributed by atoms with Crippen LogP contribution < -0.4 is 0 Å².